The van der Waals surface area contributed by atoms with Crippen LogP contribution in [0.25, 0.3) is 0 Å². The molecule has 1 atom stereocenters. The molecule has 2 aromatic rings. The number of likely N-dealkylation sites (N-methyl/N-ethyl adjacent to an activating group) is 1. The van der Waals surface area contributed by atoms with Crippen LogP contribution in [0.2, 0.25) is 10.0 Å². The summed E-state index contributed by atoms with van der Waals surface area (Å²) in [7, 11) is 2.06. The largest absolute Gasteiger partial charge is 0.329 e. The van der Waals surface area contributed by atoms with Gasteiger partial charge in [0.2, 0.25) is 0 Å². The molecule has 112 valence electrons. The Bertz CT molecular complexity index is 613. The van der Waals surface area contributed by atoms with Crippen molar-refractivity contribution in [2.45, 2.75) is 19.5 Å². The highest BCUT2D eigenvalue weighted by Crippen LogP contribution is 2.29. The molecule has 0 fully saturated rings. The summed E-state index contributed by atoms with van der Waals surface area (Å²) in [6.07, 6.45) is 0. The summed E-state index contributed by atoms with van der Waals surface area (Å²) in [6.45, 7) is 3.42. The van der Waals surface area contributed by atoms with E-state index in [1.807, 2.05) is 12.1 Å². The molecule has 0 aliphatic carbocycles. The molecule has 0 heterocycles. The van der Waals surface area contributed by atoms with Crippen LogP contribution < -0.4 is 5.73 Å². The van der Waals surface area contributed by atoms with E-state index >= 15 is 0 Å². The first-order valence-corrected chi connectivity index (χ1v) is 7.67. The second-order valence-corrected chi connectivity index (χ2v) is 6.17. The van der Waals surface area contributed by atoms with Crippen molar-refractivity contribution in [1.82, 2.24) is 4.90 Å². The summed E-state index contributed by atoms with van der Waals surface area (Å²) in [6, 6.07) is 14.1. The van der Waals surface area contributed by atoms with Crippen molar-refractivity contribution in [2.75, 3.05) is 13.6 Å². The van der Waals surface area contributed by atoms with Crippen molar-refractivity contribution < 1.29 is 0 Å². The number of hydrogen-bond donors (Lipinski definition) is 1. The van der Waals surface area contributed by atoms with Crippen LogP contribution in [0.4, 0.5) is 0 Å². The molecule has 0 saturated heterocycles. The normalized spacial score (nSPS) is 12.7. The summed E-state index contributed by atoms with van der Waals surface area (Å²) >= 11 is 12.3. The quantitative estimate of drug-likeness (QED) is 0.882. The molecule has 2 nitrogen and oxygen atoms in total. The average molecular weight is 323 g/mol. The molecule has 0 amide bonds. The highest BCUT2D eigenvalue weighted by atomic mass is 35.5. The first-order chi connectivity index (χ1) is 10.0. The fraction of sp³-hybridized carbons (Fsp3) is 0.294. The summed E-state index contributed by atoms with van der Waals surface area (Å²) in [5, 5.41) is 1.30. The number of nitrogens with zero attached hydrogens (tertiary/aromatic N) is 1. The molecule has 2 aromatic carbocycles. The van der Waals surface area contributed by atoms with Crippen molar-refractivity contribution in [2.24, 2.45) is 5.73 Å². The lowest BCUT2D eigenvalue weighted by Gasteiger charge is -2.28. The van der Waals surface area contributed by atoms with Crippen LogP contribution in [0.15, 0.2) is 42.5 Å². The van der Waals surface area contributed by atoms with E-state index in [2.05, 4.69) is 43.1 Å². The zero-order valence-electron chi connectivity index (χ0n) is 12.3. The number of hydrogen-bond acceptors (Lipinski definition) is 2. The summed E-state index contributed by atoms with van der Waals surface area (Å²) in [4.78, 5) is 2.21. The van der Waals surface area contributed by atoms with Gasteiger partial charge in [-0.2, -0.15) is 0 Å². The smallest absolute Gasteiger partial charge is 0.0485 e. The second-order valence-electron chi connectivity index (χ2n) is 5.32. The molecular weight excluding hydrogens is 303 g/mol. The maximum atomic E-state index is 6.31. The van der Waals surface area contributed by atoms with Gasteiger partial charge in [0.1, 0.15) is 0 Å². The highest BCUT2D eigenvalue weighted by molar-refractivity contribution is 6.35. The molecule has 2 N–H and O–H groups in total. The fourth-order valence-electron chi connectivity index (χ4n) is 2.52. The predicted molar refractivity (Wildman–Crippen MR) is 90.9 cm³/mol. The summed E-state index contributed by atoms with van der Waals surface area (Å²) < 4.78 is 0. The minimum absolute atomic E-state index is 0.0651. The van der Waals surface area contributed by atoms with Crippen LogP contribution in [0, 0.1) is 6.92 Å². The molecule has 4 heteroatoms. The van der Waals surface area contributed by atoms with Gasteiger partial charge in [0.05, 0.1) is 0 Å². The number of rotatable bonds is 5. The zero-order valence-corrected chi connectivity index (χ0v) is 13.8. The topological polar surface area (TPSA) is 29.3 Å². The molecule has 0 aliphatic heterocycles. The van der Waals surface area contributed by atoms with Crippen LogP contribution >= 0.6 is 23.2 Å². The van der Waals surface area contributed by atoms with Crippen molar-refractivity contribution >= 4 is 23.2 Å². The van der Waals surface area contributed by atoms with E-state index in [-0.39, 0.29) is 6.04 Å². The maximum Gasteiger partial charge on any atom is 0.0485 e. The van der Waals surface area contributed by atoms with Crippen molar-refractivity contribution in [1.29, 1.82) is 0 Å². The summed E-state index contributed by atoms with van der Waals surface area (Å²) in [5.74, 6) is 0. The Morgan fingerprint density at radius 3 is 2.52 bits per heavy atom. The minimum Gasteiger partial charge on any atom is -0.329 e. The van der Waals surface area contributed by atoms with Gasteiger partial charge in [0.25, 0.3) is 0 Å². The molecule has 21 heavy (non-hydrogen) atoms. The van der Waals surface area contributed by atoms with E-state index in [4.69, 9.17) is 28.9 Å². The van der Waals surface area contributed by atoms with Gasteiger partial charge in [-0.25, -0.2) is 0 Å². The molecule has 0 saturated carbocycles. The molecule has 0 aliphatic rings. The van der Waals surface area contributed by atoms with Gasteiger partial charge in [0, 0.05) is 29.2 Å². The first-order valence-electron chi connectivity index (χ1n) is 6.92. The lowest BCUT2D eigenvalue weighted by atomic mass is 10.0. The third kappa shape index (κ3) is 4.21. The van der Waals surface area contributed by atoms with Gasteiger partial charge < -0.3 is 5.73 Å². The Balaban J connectivity index is 2.20. The molecule has 1 unspecified atom stereocenters. The van der Waals surface area contributed by atoms with E-state index in [9.17, 15) is 0 Å². The third-order valence-corrected chi connectivity index (χ3v) is 4.15. The maximum absolute atomic E-state index is 6.31. The standard InChI is InChI=1S/C17H20Cl2N2/c1-12-4-3-5-13(8-12)11-21(2)17(10-20)15-7-6-14(18)9-16(15)19/h3-9,17H,10-11,20H2,1-2H3. The van der Waals surface area contributed by atoms with Gasteiger partial charge in [-0.15, -0.1) is 0 Å². The Kier molecular flexibility index (Phi) is 5.65. The van der Waals surface area contributed by atoms with Crippen molar-refractivity contribution in [3.63, 3.8) is 0 Å². The number of aryl methyl sites for hydroxylation is 1. The predicted octanol–water partition coefficient (Wildman–Crippen LogP) is 4.43. The minimum atomic E-state index is 0.0651. The van der Waals surface area contributed by atoms with Crippen molar-refractivity contribution in [3.8, 4) is 0 Å². The molecular formula is C17H20Cl2N2. The SMILES string of the molecule is Cc1cccc(CN(C)C(CN)c2ccc(Cl)cc2Cl)c1. The fourth-order valence-corrected chi connectivity index (χ4v) is 3.06. The van der Waals surface area contributed by atoms with Gasteiger partial charge >= 0.3 is 0 Å². The Labute approximate surface area is 136 Å². The van der Waals surface area contributed by atoms with E-state index < -0.39 is 0 Å². The van der Waals surface area contributed by atoms with Crippen LogP contribution in [0.5, 0.6) is 0 Å². The van der Waals surface area contributed by atoms with Crippen LogP contribution in [-0.4, -0.2) is 18.5 Å². The van der Waals surface area contributed by atoms with E-state index in [1.54, 1.807) is 6.07 Å². The van der Waals surface area contributed by atoms with E-state index in [0.29, 0.717) is 16.6 Å². The number of benzene rings is 2. The number of halogens is 2. The average Bonchev–Trinajstić information content (AvgIpc) is 2.42. The summed E-state index contributed by atoms with van der Waals surface area (Å²) in [5.41, 5.74) is 9.50. The first kappa shape index (κ1) is 16.3. The molecule has 0 spiro atoms. The van der Waals surface area contributed by atoms with Gasteiger partial charge in [-0.1, -0.05) is 59.1 Å². The lowest BCUT2D eigenvalue weighted by Crippen LogP contribution is -2.30. The van der Waals surface area contributed by atoms with Crippen LogP contribution in [0.1, 0.15) is 22.7 Å². The van der Waals surface area contributed by atoms with Gasteiger partial charge in [-0.3, -0.25) is 4.90 Å². The van der Waals surface area contributed by atoms with E-state index in [1.165, 1.54) is 11.1 Å². The van der Waals surface area contributed by atoms with Gasteiger partial charge in [-0.05, 0) is 37.2 Å². The Morgan fingerprint density at radius 1 is 1.14 bits per heavy atom. The molecule has 0 bridgehead atoms. The Morgan fingerprint density at radius 2 is 1.90 bits per heavy atom. The molecule has 0 aromatic heterocycles. The molecule has 2 rings (SSSR count). The van der Waals surface area contributed by atoms with E-state index in [0.717, 1.165) is 12.1 Å². The monoisotopic (exact) mass is 322 g/mol. The second kappa shape index (κ2) is 7.28. The Hall–Kier alpha value is -1.06. The lowest BCUT2D eigenvalue weighted by molar-refractivity contribution is 0.242. The van der Waals surface area contributed by atoms with Crippen molar-refractivity contribution in [3.05, 3.63) is 69.2 Å². The number of nitrogens with two attached hydrogens (primary N) is 1. The molecule has 0 radical (unpaired) electrons. The van der Waals surface area contributed by atoms with Gasteiger partial charge in [0.15, 0.2) is 0 Å². The van der Waals surface area contributed by atoms with Crippen LogP contribution in [-0.2, 0) is 6.54 Å². The highest BCUT2D eigenvalue weighted by Gasteiger charge is 2.18. The zero-order chi connectivity index (χ0) is 15.4. The third-order valence-electron chi connectivity index (χ3n) is 3.59. The van der Waals surface area contributed by atoms with Crippen LogP contribution in [0.3, 0.4) is 0 Å².